The zero-order valence-corrected chi connectivity index (χ0v) is 6.95. The molecule has 15 heavy (non-hydrogen) atoms. The van der Waals surface area contributed by atoms with Crippen LogP contribution in [0.5, 0.6) is 0 Å². The highest BCUT2D eigenvalue weighted by atomic mass is 19.3. The van der Waals surface area contributed by atoms with Crippen LogP contribution in [-0.4, -0.2) is 9.91 Å². The van der Waals surface area contributed by atoms with E-state index in [1.54, 1.807) is 0 Å². The molecule has 0 aliphatic heterocycles. The average Bonchev–Trinajstić information content (AvgIpc) is 2.16. The SMILES string of the molecule is N#Cc1c([N+](=O)[O-])cc(F)nc1C(F)F. The van der Waals surface area contributed by atoms with Crippen molar-refractivity contribution in [1.82, 2.24) is 4.98 Å². The Morgan fingerprint density at radius 3 is 2.60 bits per heavy atom. The van der Waals surface area contributed by atoms with Crippen molar-refractivity contribution in [3.05, 3.63) is 33.4 Å². The van der Waals surface area contributed by atoms with Crippen molar-refractivity contribution in [1.29, 1.82) is 5.26 Å². The molecule has 1 heterocycles. The predicted molar refractivity (Wildman–Crippen MR) is 40.5 cm³/mol. The summed E-state index contributed by atoms with van der Waals surface area (Å²) in [6.45, 7) is 0. The monoisotopic (exact) mass is 217 g/mol. The molecule has 78 valence electrons. The van der Waals surface area contributed by atoms with Crippen LogP contribution in [0.4, 0.5) is 18.9 Å². The van der Waals surface area contributed by atoms with Gasteiger partial charge in [0.05, 0.1) is 11.0 Å². The van der Waals surface area contributed by atoms with Crippen molar-refractivity contribution >= 4 is 5.69 Å². The van der Waals surface area contributed by atoms with Gasteiger partial charge in [0.15, 0.2) is 5.56 Å². The quantitative estimate of drug-likeness (QED) is 0.430. The van der Waals surface area contributed by atoms with E-state index in [2.05, 4.69) is 4.98 Å². The summed E-state index contributed by atoms with van der Waals surface area (Å²) in [5.74, 6) is -1.42. The highest BCUT2D eigenvalue weighted by molar-refractivity contribution is 5.51. The molecule has 0 radical (unpaired) electrons. The first kappa shape index (κ1) is 10.9. The molecule has 0 aliphatic carbocycles. The molecule has 0 atom stereocenters. The average molecular weight is 217 g/mol. The Balaban J connectivity index is 3.54. The van der Waals surface area contributed by atoms with Crippen LogP contribution < -0.4 is 0 Å². The van der Waals surface area contributed by atoms with Gasteiger partial charge in [0.1, 0.15) is 11.8 Å². The summed E-state index contributed by atoms with van der Waals surface area (Å²) in [7, 11) is 0. The van der Waals surface area contributed by atoms with Gasteiger partial charge in [-0.3, -0.25) is 10.1 Å². The van der Waals surface area contributed by atoms with Crippen LogP contribution in [0.1, 0.15) is 17.7 Å². The van der Waals surface area contributed by atoms with Gasteiger partial charge in [0.25, 0.3) is 12.1 Å². The molecule has 0 fully saturated rings. The van der Waals surface area contributed by atoms with Crippen molar-refractivity contribution in [2.45, 2.75) is 6.43 Å². The van der Waals surface area contributed by atoms with Gasteiger partial charge >= 0.3 is 0 Å². The lowest BCUT2D eigenvalue weighted by Gasteiger charge is -2.01. The number of pyridine rings is 1. The predicted octanol–water partition coefficient (Wildman–Crippen LogP) is 1.94. The molecule has 0 unspecified atom stereocenters. The minimum absolute atomic E-state index is 0.324. The van der Waals surface area contributed by atoms with Crippen LogP contribution in [0.2, 0.25) is 0 Å². The maximum absolute atomic E-state index is 12.6. The molecule has 5 nitrogen and oxygen atoms in total. The number of nitrogens with zero attached hydrogens (tertiary/aromatic N) is 3. The smallest absolute Gasteiger partial charge is 0.258 e. The lowest BCUT2D eigenvalue weighted by atomic mass is 10.2. The van der Waals surface area contributed by atoms with E-state index in [-0.39, 0.29) is 0 Å². The van der Waals surface area contributed by atoms with Crippen LogP contribution in [0.25, 0.3) is 0 Å². The molecule has 1 aromatic rings. The number of nitriles is 1. The van der Waals surface area contributed by atoms with Crippen LogP contribution in [0.15, 0.2) is 6.07 Å². The molecule has 0 spiro atoms. The zero-order valence-electron chi connectivity index (χ0n) is 6.95. The number of halogens is 3. The molecule has 0 saturated heterocycles. The number of hydrogen-bond acceptors (Lipinski definition) is 4. The number of nitro groups is 1. The van der Waals surface area contributed by atoms with Crippen LogP contribution in [-0.2, 0) is 0 Å². The summed E-state index contributed by atoms with van der Waals surface area (Å²) in [5, 5.41) is 18.8. The Kier molecular flexibility index (Phi) is 2.85. The van der Waals surface area contributed by atoms with Crippen molar-refractivity contribution in [3.8, 4) is 6.07 Å². The van der Waals surface area contributed by atoms with Gasteiger partial charge < -0.3 is 0 Å². The maximum Gasteiger partial charge on any atom is 0.293 e. The molecule has 1 rings (SSSR count). The Labute approximate surface area is 80.9 Å². The van der Waals surface area contributed by atoms with E-state index in [9.17, 15) is 23.3 Å². The largest absolute Gasteiger partial charge is 0.293 e. The molecule has 0 bridgehead atoms. The van der Waals surface area contributed by atoms with Gasteiger partial charge in [0.2, 0.25) is 5.95 Å². The summed E-state index contributed by atoms with van der Waals surface area (Å²) >= 11 is 0. The number of aromatic nitrogens is 1. The second-order valence-corrected chi connectivity index (χ2v) is 2.39. The molecular formula is C7H2F3N3O2. The van der Waals surface area contributed by atoms with E-state index in [1.807, 2.05) is 0 Å². The first-order valence-corrected chi connectivity index (χ1v) is 3.50. The number of rotatable bonds is 2. The fraction of sp³-hybridized carbons (Fsp3) is 0.143. The summed E-state index contributed by atoms with van der Waals surface area (Å²) in [6.07, 6.45) is -3.24. The Morgan fingerprint density at radius 2 is 2.20 bits per heavy atom. The van der Waals surface area contributed by atoms with Crippen LogP contribution in [0.3, 0.4) is 0 Å². The molecular weight excluding hydrogens is 215 g/mol. The topological polar surface area (TPSA) is 79.8 Å². The van der Waals surface area contributed by atoms with E-state index >= 15 is 0 Å². The van der Waals surface area contributed by atoms with E-state index in [0.29, 0.717) is 6.07 Å². The van der Waals surface area contributed by atoms with Gasteiger partial charge in [-0.1, -0.05) is 0 Å². The first-order chi connectivity index (χ1) is 6.97. The third kappa shape index (κ3) is 2.01. The van der Waals surface area contributed by atoms with Gasteiger partial charge in [-0.05, 0) is 0 Å². The summed E-state index contributed by atoms with van der Waals surface area (Å²) < 4.78 is 37.1. The van der Waals surface area contributed by atoms with Crippen molar-refractivity contribution in [2.75, 3.05) is 0 Å². The van der Waals surface area contributed by atoms with Gasteiger partial charge in [-0.25, -0.2) is 13.8 Å². The minimum Gasteiger partial charge on any atom is -0.258 e. The Bertz CT molecular complexity index is 456. The van der Waals surface area contributed by atoms with Gasteiger partial charge in [0, 0.05) is 0 Å². The highest BCUT2D eigenvalue weighted by Gasteiger charge is 2.26. The minimum atomic E-state index is -3.24. The van der Waals surface area contributed by atoms with Gasteiger partial charge in [-0.15, -0.1) is 0 Å². The second kappa shape index (κ2) is 3.91. The third-order valence-electron chi connectivity index (χ3n) is 1.51. The summed E-state index contributed by atoms with van der Waals surface area (Å²) in [4.78, 5) is 11.9. The van der Waals surface area contributed by atoms with Crippen molar-refractivity contribution in [2.24, 2.45) is 0 Å². The third-order valence-corrected chi connectivity index (χ3v) is 1.51. The molecule has 8 heteroatoms. The van der Waals surface area contributed by atoms with E-state index in [0.717, 1.165) is 0 Å². The van der Waals surface area contributed by atoms with E-state index < -0.39 is 34.2 Å². The molecule has 0 aromatic carbocycles. The fourth-order valence-corrected chi connectivity index (χ4v) is 0.936. The molecule has 0 N–H and O–H groups in total. The Hall–Kier alpha value is -2.17. The number of hydrogen-bond donors (Lipinski definition) is 0. The van der Waals surface area contributed by atoms with Crippen molar-refractivity contribution < 1.29 is 18.1 Å². The van der Waals surface area contributed by atoms with Crippen molar-refractivity contribution in [3.63, 3.8) is 0 Å². The maximum atomic E-state index is 12.6. The lowest BCUT2D eigenvalue weighted by Crippen LogP contribution is -2.03. The fourth-order valence-electron chi connectivity index (χ4n) is 0.936. The standard InChI is InChI=1S/C7H2F3N3O2/c8-5-1-4(13(14)15)3(2-11)6(12-5)7(9)10/h1,7H. The molecule has 1 aromatic heterocycles. The number of alkyl halides is 2. The molecule has 0 amide bonds. The lowest BCUT2D eigenvalue weighted by molar-refractivity contribution is -0.385. The Morgan fingerprint density at radius 1 is 1.60 bits per heavy atom. The highest BCUT2D eigenvalue weighted by Crippen LogP contribution is 2.27. The van der Waals surface area contributed by atoms with Gasteiger partial charge in [-0.2, -0.15) is 9.65 Å². The molecule has 0 saturated carbocycles. The summed E-state index contributed by atoms with van der Waals surface area (Å²) in [5.41, 5.74) is -3.15. The van der Waals surface area contributed by atoms with Crippen LogP contribution in [0, 0.1) is 27.4 Å². The van der Waals surface area contributed by atoms with Crippen LogP contribution >= 0.6 is 0 Å². The normalized spacial score (nSPS) is 10.1. The zero-order chi connectivity index (χ0) is 11.6. The summed E-state index contributed by atoms with van der Waals surface area (Å²) in [6, 6.07) is 1.53. The van der Waals surface area contributed by atoms with E-state index in [1.165, 1.54) is 6.07 Å². The first-order valence-electron chi connectivity index (χ1n) is 3.50. The molecule has 0 aliphatic rings. The van der Waals surface area contributed by atoms with E-state index in [4.69, 9.17) is 5.26 Å². The second-order valence-electron chi connectivity index (χ2n) is 2.39.